The molecule has 2 aliphatic rings. The van der Waals surface area contributed by atoms with Gasteiger partial charge in [0.2, 0.25) is 6.41 Å². The molecule has 0 bridgehead atoms. The molecular formula is C14H15Cl2NO. The van der Waals surface area contributed by atoms with Crippen LogP contribution in [-0.4, -0.2) is 16.3 Å². The summed E-state index contributed by atoms with van der Waals surface area (Å²) in [5.41, 5.74) is 1.32. The van der Waals surface area contributed by atoms with Gasteiger partial charge in [0.1, 0.15) is 4.33 Å². The third-order valence-corrected chi connectivity index (χ3v) is 5.93. The van der Waals surface area contributed by atoms with E-state index in [0.717, 1.165) is 17.7 Å². The molecule has 0 spiro atoms. The molecule has 1 heterocycles. The van der Waals surface area contributed by atoms with E-state index in [2.05, 4.69) is 6.92 Å². The Hall–Kier alpha value is -0.730. The predicted octanol–water partition coefficient (Wildman–Crippen LogP) is 3.50. The molecule has 1 aromatic carbocycles. The molecular weight excluding hydrogens is 269 g/mol. The number of halogens is 2. The summed E-state index contributed by atoms with van der Waals surface area (Å²) in [6.45, 7) is 6.12. The average Bonchev–Trinajstić information content (AvgIpc) is 2.75. The van der Waals surface area contributed by atoms with Gasteiger partial charge in [-0.05, 0) is 25.5 Å². The monoisotopic (exact) mass is 283 g/mol. The minimum Gasteiger partial charge on any atom is -0.309 e. The lowest BCUT2D eigenvalue weighted by atomic mass is 9.80. The molecule has 1 saturated carbocycles. The Balaban J connectivity index is 2.30. The first-order chi connectivity index (χ1) is 8.29. The largest absolute Gasteiger partial charge is 0.309 e. The highest BCUT2D eigenvalue weighted by Crippen LogP contribution is 2.76. The molecule has 18 heavy (non-hydrogen) atoms. The van der Waals surface area contributed by atoms with Crippen molar-refractivity contribution in [3.63, 3.8) is 0 Å². The minimum atomic E-state index is -0.815. The number of para-hydroxylation sites is 1. The highest BCUT2D eigenvalue weighted by molar-refractivity contribution is 6.53. The number of amides is 1. The smallest absolute Gasteiger partial charge is 0.214 e. The van der Waals surface area contributed by atoms with Gasteiger partial charge < -0.3 is 4.90 Å². The number of hydrogen-bond acceptors (Lipinski definition) is 1. The lowest BCUT2D eigenvalue weighted by molar-refractivity contribution is -0.108. The first kappa shape index (κ1) is 12.3. The molecule has 2 nitrogen and oxygen atoms in total. The van der Waals surface area contributed by atoms with Gasteiger partial charge >= 0.3 is 0 Å². The van der Waals surface area contributed by atoms with Gasteiger partial charge in [0.25, 0.3) is 0 Å². The van der Waals surface area contributed by atoms with E-state index in [9.17, 15) is 4.79 Å². The normalized spacial score (nSPS) is 34.5. The second kappa shape index (κ2) is 3.23. The zero-order valence-electron chi connectivity index (χ0n) is 10.6. The van der Waals surface area contributed by atoms with E-state index in [1.54, 1.807) is 4.90 Å². The summed E-state index contributed by atoms with van der Waals surface area (Å²) in [6, 6.07) is 7.86. The fraction of sp³-hybridized carbons (Fsp3) is 0.500. The maximum absolute atomic E-state index is 11.5. The number of fused-ring (bicyclic) bond motifs is 3. The summed E-state index contributed by atoms with van der Waals surface area (Å²) < 4.78 is -0.815. The van der Waals surface area contributed by atoms with Crippen LogP contribution in [-0.2, 0) is 10.2 Å². The zero-order chi connectivity index (χ0) is 13.3. The van der Waals surface area contributed by atoms with Gasteiger partial charge in [0, 0.05) is 22.6 Å². The number of carbonyl (C=O) groups is 1. The van der Waals surface area contributed by atoms with Gasteiger partial charge in [-0.2, -0.15) is 0 Å². The van der Waals surface area contributed by atoms with Crippen LogP contribution in [0.1, 0.15) is 26.3 Å². The summed E-state index contributed by atoms with van der Waals surface area (Å²) in [5, 5.41) is 0. The second-order valence-corrected chi connectivity index (χ2v) is 7.29. The summed E-state index contributed by atoms with van der Waals surface area (Å²) in [6.07, 6.45) is 0.876. The summed E-state index contributed by atoms with van der Waals surface area (Å²) in [4.78, 5) is 13.2. The van der Waals surface area contributed by atoms with Crippen molar-refractivity contribution in [3.8, 4) is 0 Å². The van der Waals surface area contributed by atoms with Crippen molar-refractivity contribution in [1.29, 1.82) is 0 Å². The molecule has 0 unspecified atom stereocenters. The number of nitrogens with zero attached hydrogens (tertiary/aromatic N) is 1. The van der Waals surface area contributed by atoms with Crippen molar-refractivity contribution in [3.05, 3.63) is 29.8 Å². The number of benzene rings is 1. The third kappa shape index (κ3) is 1.10. The van der Waals surface area contributed by atoms with E-state index >= 15 is 0 Å². The average molecular weight is 284 g/mol. The fourth-order valence-corrected chi connectivity index (χ4v) is 5.06. The van der Waals surface area contributed by atoms with Crippen molar-refractivity contribution in [2.75, 3.05) is 4.90 Å². The number of anilines is 1. The van der Waals surface area contributed by atoms with E-state index in [0.29, 0.717) is 0 Å². The molecule has 1 fully saturated rings. The molecule has 3 rings (SSSR count). The summed E-state index contributed by atoms with van der Waals surface area (Å²) >= 11 is 13.0. The standard InChI is InChI=1S/C14H15Cl2NO/c1-12(2)11-13(3,14(11,15)16)9-6-4-5-7-10(9)17(12)8-18/h4-8,11H,1-3H3/t11-,13-/m0/s1. The molecule has 1 aliphatic heterocycles. The van der Waals surface area contributed by atoms with Crippen LogP contribution in [0, 0.1) is 5.92 Å². The van der Waals surface area contributed by atoms with Crippen LogP contribution >= 0.6 is 23.2 Å². The molecule has 1 aromatic rings. The fourth-order valence-electron chi connectivity index (χ4n) is 3.78. The molecule has 2 atom stereocenters. The Morgan fingerprint density at radius 3 is 2.44 bits per heavy atom. The van der Waals surface area contributed by atoms with Gasteiger partial charge in [-0.1, -0.05) is 25.1 Å². The molecule has 4 heteroatoms. The molecule has 0 saturated heterocycles. The van der Waals surface area contributed by atoms with Gasteiger partial charge in [0.15, 0.2) is 0 Å². The third-order valence-electron chi connectivity index (χ3n) is 4.70. The van der Waals surface area contributed by atoms with Crippen LogP contribution in [0.25, 0.3) is 0 Å². The Morgan fingerprint density at radius 2 is 1.83 bits per heavy atom. The predicted molar refractivity (Wildman–Crippen MR) is 74.3 cm³/mol. The van der Waals surface area contributed by atoms with E-state index in [1.165, 1.54) is 0 Å². The number of hydrogen-bond donors (Lipinski definition) is 0. The second-order valence-electron chi connectivity index (χ2n) is 5.90. The van der Waals surface area contributed by atoms with Crippen molar-refractivity contribution in [1.82, 2.24) is 0 Å². The quantitative estimate of drug-likeness (QED) is 0.571. The lowest BCUT2D eigenvalue weighted by Gasteiger charge is -2.42. The highest BCUT2D eigenvalue weighted by Gasteiger charge is 2.81. The van der Waals surface area contributed by atoms with Crippen molar-refractivity contribution < 1.29 is 4.79 Å². The molecule has 0 radical (unpaired) electrons. The SMILES string of the molecule is CC1(C)[C@@H]2C(Cl)(Cl)[C@@]2(C)c2ccccc2N1C=O. The van der Waals surface area contributed by atoms with Gasteiger partial charge in [-0.25, -0.2) is 0 Å². The molecule has 96 valence electrons. The molecule has 0 aromatic heterocycles. The van der Waals surface area contributed by atoms with Crippen LogP contribution in [0.15, 0.2) is 24.3 Å². The number of carbonyl (C=O) groups excluding carboxylic acids is 1. The Bertz CT molecular complexity index is 540. The zero-order valence-corrected chi connectivity index (χ0v) is 12.1. The number of alkyl halides is 2. The minimum absolute atomic E-state index is 0.0425. The van der Waals surface area contributed by atoms with Gasteiger partial charge in [-0.15, -0.1) is 23.2 Å². The van der Waals surface area contributed by atoms with Crippen LogP contribution in [0.5, 0.6) is 0 Å². The van der Waals surface area contributed by atoms with Crippen molar-refractivity contribution in [2.24, 2.45) is 5.92 Å². The van der Waals surface area contributed by atoms with E-state index in [-0.39, 0.29) is 16.9 Å². The molecule has 0 N–H and O–H groups in total. The topological polar surface area (TPSA) is 20.3 Å². The Morgan fingerprint density at radius 1 is 1.22 bits per heavy atom. The summed E-state index contributed by atoms with van der Waals surface area (Å²) in [5.74, 6) is 0.0425. The maximum atomic E-state index is 11.5. The van der Waals surface area contributed by atoms with E-state index in [1.807, 2.05) is 38.1 Å². The van der Waals surface area contributed by atoms with Crippen molar-refractivity contribution >= 4 is 35.3 Å². The van der Waals surface area contributed by atoms with Gasteiger partial charge in [-0.3, -0.25) is 4.79 Å². The van der Waals surface area contributed by atoms with Gasteiger partial charge in [0.05, 0.1) is 0 Å². The Labute approximate surface area is 117 Å². The Kier molecular flexibility index (Phi) is 2.21. The van der Waals surface area contributed by atoms with Crippen LogP contribution in [0.3, 0.4) is 0 Å². The van der Waals surface area contributed by atoms with Crippen LogP contribution in [0.2, 0.25) is 0 Å². The summed E-state index contributed by atoms with van der Waals surface area (Å²) in [7, 11) is 0. The van der Waals surface area contributed by atoms with E-state index in [4.69, 9.17) is 23.2 Å². The first-order valence-corrected chi connectivity index (χ1v) is 6.77. The molecule has 1 aliphatic carbocycles. The van der Waals surface area contributed by atoms with E-state index < -0.39 is 4.33 Å². The maximum Gasteiger partial charge on any atom is 0.214 e. The first-order valence-electron chi connectivity index (χ1n) is 6.01. The number of rotatable bonds is 1. The molecule has 1 amide bonds. The van der Waals surface area contributed by atoms with Crippen LogP contribution in [0.4, 0.5) is 5.69 Å². The van der Waals surface area contributed by atoms with Crippen LogP contribution < -0.4 is 4.90 Å². The lowest BCUT2D eigenvalue weighted by Crippen LogP contribution is -2.50. The van der Waals surface area contributed by atoms with Crippen molar-refractivity contribution in [2.45, 2.75) is 36.1 Å². The highest BCUT2D eigenvalue weighted by atomic mass is 35.5.